The Bertz CT molecular complexity index is 710. The van der Waals surface area contributed by atoms with E-state index in [1.54, 1.807) is 18.4 Å². The minimum Gasteiger partial charge on any atom is -0.497 e. The summed E-state index contributed by atoms with van der Waals surface area (Å²) in [7, 11) is 1.66. The fourth-order valence-corrected chi connectivity index (χ4v) is 3.31. The van der Waals surface area contributed by atoms with Crippen LogP contribution in [0.15, 0.2) is 23.2 Å². The van der Waals surface area contributed by atoms with Gasteiger partial charge in [0.05, 0.1) is 17.3 Å². The SMILES string of the molecule is CCCn1c(=NC(=O)C2CC2)sc2cc(OC)ccc21. The van der Waals surface area contributed by atoms with E-state index in [0.717, 1.165) is 46.6 Å². The monoisotopic (exact) mass is 290 g/mol. The van der Waals surface area contributed by atoms with E-state index >= 15 is 0 Å². The molecule has 1 aromatic carbocycles. The summed E-state index contributed by atoms with van der Waals surface area (Å²) < 4.78 is 8.51. The maximum atomic E-state index is 11.9. The van der Waals surface area contributed by atoms with E-state index in [2.05, 4.69) is 16.5 Å². The number of benzene rings is 1. The number of fused-ring (bicyclic) bond motifs is 1. The van der Waals surface area contributed by atoms with E-state index in [9.17, 15) is 4.79 Å². The minimum absolute atomic E-state index is 0.0355. The van der Waals surface area contributed by atoms with Crippen LogP contribution in [0.2, 0.25) is 0 Å². The summed E-state index contributed by atoms with van der Waals surface area (Å²) >= 11 is 1.56. The summed E-state index contributed by atoms with van der Waals surface area (Å²) in [6.45, 7) is 3.01. The Labute approximate surface area is 121 Å². The molecule has 1 saturated carbocycles. The Hall–Kier alpha value is -1.62. The molecule has 1 aromatic heterocycles. The summed E-state index contributed by atoms with van der Waals surface area (Å²) in [5.74, 6) is 1.04. The van der Waals surface area contributed by atoms with Crippen molar-refractivity contribution < 1.29 is 9.53 Å². The van der Waals surface area contributed by atoms with Crippen molar-refractivity contribution in [1.82, 2.24) is 4.57 Å². The standard InChI is InChI=1S/C15H18N2O2S/c1-3-8-17-12-7-6-11(19-2)9-13(12)20-15(17)16-14(18)10-4-5-10/h6-7,9-10H,3-5,8H2,1-2H3. The van der Waals surface area contributed by atoms with E-state index in [4.69, 9.17) is 4.74 Å². The number of amides is 1. The first-order valence-electron chi connectivity index (χ1n) is 6.99. The molecule has 5 heteroatoms. The van der Waals surface area contributed by atoms with Crippen LogP contribution in [0.3, 0.4) is 0 Å². The quantitative estimate of drug-likeness (QED) is 0.869. The first-order chi connectivity index (χ1) is 9.72. The lowest BCUT2D eigenvalue weighted by molar-refractivity contribution is -0.119. The summed E-state index contributed by atoms with van der Waals surface area (Å²) in [5.41, 5.74) is 1.12. The van der Waals surface area contributed by atoms with Gasteiger partial charge in [0, 0.05) is 12.5 Å². The molecule has 1 heterocycles. The highest BCUT2D eigenvalue weighted by Gasteiger charge is 2.29. The first-order valence-corrected chi connectivity index (χ1v) is 7.80. The van der Waals surface area contributed by atoms with Crippen molar-refractivity contribution in [2.75, 3.05) is 7.11 Å². The molecule has 1 amide bonds. The van der Waals surface area contributed by atoms with Crippen LogP contribution >= 0.6 is 11.3 Å². The fraction of sp³-hybridized carbons (Fsp3) is 0.467. The summed E-state index contributed by atoms with van der Waals surface area (Å²) in [5, 5.41) is 0. The van der Waals surface area contributed by atoms with E-state index in [0.29, 0.717) is 0 Å². The van der Waals surface area contributed by atoms with Gasteiger partial charge in [0.2, 0.25) is 0 Å². The third kappa shape index (κ3) is 2.50. The molecular weight excluding hydrogens is 272 g/mol. The van der Waals surface area contributed by atoms with E-state index in [1.807, 2.05) is 18.2 Å². The molecule has 0 spiro atoms. The average Bonchev–Trinajstić information content (AvgIpc) is 3.24. The fourth-order valence-electron chi connectivity index (χ4n) is 2.22. The lowest BCUT2D eigenvalue weighted by atomic mass is 10.3. The maximum absolute atomic E-state index is 11.9. The third-order valence-corrected chi connectivity index (χ3v) is 4.51. The minimum atomic E-state index is 0.0355. The molecule has 1 aliphatic rings. The van der Waals surface area contributed by atoms with E-state index in [1.165, 1.54) is 0 Å². The van der Waals surface area contributed by atoms with Crippen LogP contribution in [0.25, 0.3) is 10.2 Å². The zero-order chi connectivity index (χ0) is 14.1. The molecule has 20 heavy (non-hydrogen) atoms. The average molecular weight is 290 g/mol. The highest BCUT2D eigenvalue weighted by molar-refractivity contribution is 7.16. The number of aryl methyl sites for hydroxylation is 1. The number of carbonyl (C=O) groups excluding carboxylic acids is 1. The Kier molecular flexibility index (Phi) is 3.61. The largest absolute Gasteiger partial charge is 0.497 e. The van der Waals surface area contributed by atoms with Crippen LogP contribution in [0.5, 0.6) is 5.75 Å². The number of hydrogen-bond acceptors (Lipinski definition) is 3. The zero-order valence-corrected chi connectivity index (χ0v) is 12.6. The van der Waals surface area contributed by atoms with E-state index < -0.39 is 0 Å². The van der Waals surface area contributed by atoms with Crippen molar-refractivity contribution in [3.05, 3.63) is 23.0 Å². The molecule has 106 valence electrons. The first kappa shape index (κ1) is 13.4. The molecule has 0 unspecified atom stereocenters. The molecule has 0 saturated heterocycles. The van der Waals surface area contributed by atoms with Gasteiger partial charge in [-0.2, -0.15) is 4.99 Å². The van der Waals surface area contributed by atoms with Crippen molar-refractivity contribution in [3.8, 4) is 5.75 Å². The van der Waals surface area contributed by atoms with Crippen molar-refractivity contribution in [2.24, 2.45) is 10.9 Å². The third-order valence-electron chi connectivity index (χ3n) is 3.47. The number of methoxy groups -OCH3 is 1. The lowest BCUT2D eigenvalue weighted by Crippen LogP contribution is -2.17. The van der Waals surface area contributed by atoms with Crippen molar-refractivity contribution in [3.63, 3.8) is 0 Å². The van der Waals surface area contributed by atoms with Crippen molar-refractivity contribution >= 4 is 27.5 Å². The molecule has 0 radical (unpaired) electrons. The second-order valence-corrected chi connectivity index (χ2v) is 6.10. The van der Waals surface area contributed by atoms with E-state index in [-0.39, 0.29) is 11.8 Å². The van der Waals surface area contributed by atoms with Gasteiger partial charge in [-0.3, -0.25) is 4.79 Å². The molecule has 0 N–H and O–H groups in total. The molecular formula is C15H18N2O2S. The van der Waals surface area contributed by atoms with Crippen LogP contribution < -0.4 is 9.54 Å². The molecule has 0 aliphatic heterocycles. The number of hydrogen-bond donors (Lipinski definition) is 0. The molecule has 1 fully saturated rings. The molecule has 3 rings (SSSR count). The Morgan fingerprint density at radius 1 is 1.50 bits per heavy atom. The summed E-state index contributed by atoms with van der Waals surface area (Å²) in [6, 6.07) is 6.00. The smallest absolute Gasteiger partial charge is 0.251 e. The Morgan fingerprint density at radius 3 is 2.95 bits per heavy atom. The van der Waals surface area contributed by atoms with Crippen LogP contribution in [0.1, 0.15) is 26.2 Å². The van der Waals surface area contributed by atoms with Gasteiger partial charge in [-0.25, -0.2) is 0 Å². The van der Waals surface area contributed by atoms with Crippen LogP contribution in [0, 0.1) is 5.92 Å². The normalized spacial score (nSPS) is 15.8. The van der Waals surface area contributed by atoms with Gasteiger partial charge < -0.3 is 9.30 Å². The topological polar surface area (TPSA) is 43.6 Å². The number of carbonyl (C=O) groups is 1. The number of nitrogens with zero attached hydrogens (tertiary/aromatic N) is 2. The molecule has 2 aromatic rings. The number of aromatic nitrogens is 1. The second kappa shape index (κ2) is 5.40. The highest BCUT2D eigenvalue weighted by Crippen LogP contribution is 2.30. The highest BCUT2D eigenvalue weighted by atomic mass is 32.1. The number of ether oxygens (including phenoxy) is 1. The van der Waals surface area contributed by atoms with Gasteiger partial charge in [0.1, 0.15) is 5.75 Å². The van der Waals surface area contributed by atoms with Gasteiger partial charge >= 0.3 is 0 Å². The predicted octanol–water partition coefficient (Wildman–Crippen LogP) is 2.96. The Balaban J connectivity index is 2.13. The summed E-state index contributed by atoms with van der Waals surface area (Å²) in [4.78, 5) is 17.1. The number of rotatable bonds is 4. The molecule has 4 nitrogen and oxygen atoms in total. The van der Waals surface area contributed by atoms with Gasteiger partial charge in [0.15, 0.2) is 4.80 Å². The van der Waals surface area contributed by atoms with Crippen LogP contribution in [-0.4, -0.2) is 17.6 Å². The zero-order valence-electron chi connectivity index (χ0n) is 11.8. The molecule has 0 bridgehead atoms. The molecule has 1 aliphatic carbocycles. The van der Waals surface area contributed by atoms with Gasteiger partial charge in [-0.15, -0.1) is 0 Å². The van der Waals surface area contributed by atoms with Crippen LogP contribution in [0.4, 0.5) is 0 Å². The summed E-state index contributed by atoms with van der Waals surface area (Å²) in [6.07, 6.45) is 3.01. The van der Waals surface area contributed by atoms with Crippen molar-refractivity contribution in [2.45, 2.75) is 32.7 Å². The van der Waals surface area contributed by atoms with Gasteiger partial charge in [-0.1, -0.05) is 18.3 Å². The van der Waals surface area contributed by atoms with Gasteiger partial charge in [0.25, 0.3) is 5.91 Å². The van der Waals surface area contributed by atoms with Crippen LogP contribution in [-0.2, 0) is 11.3 Å². The second-order valence-electron chi connectivity index (χ2n) is 5.09. The number of thiazole rings is 1. The van der Waals surface area contributed by atoms with Gasteiger partial charge in [-0.05, 0) is 37.5 Å². The van der Waals surface area contributed by atoms with Crippen molar-refractivity contribution in [1.29, 1.82) is 0 Å². The Morgan fingerprint density at radius 2 is 2.30 bits per heavy atom. The maximum Gasteiger partial charge on any atom is 0.251 e. The molecule has 0 atom stereocenters. The lowest BCUT2D eigenvalue weighted by Gasteiger charge is -2.03. The predicted molar refractivity (Wildman–Crippen MR) is 80.0 cm³/mol.